The molecule has 1 aromatic heterocycles. The first-order valence-electron chi connectivity index (χ1n) is 6.38. The number of hydrogen-bond donors (Lipinski definition) is 3. The molecule has 1 unspecified atom stereocenters. The smallest absolute Gasteiger partial charge is 0.231 e. The Labute approximate surface area is 116 Å². The van der Waals surface area contributed by atoms with Crippen molar-refractivity contribution in [2.45, 2.75) is 25.4 Å². The molecule has 1 fully saturated rings. The van der Waals surface area contributed by atoms with Gasteiger partial charge in [-0.25, -0.2) is 0 Å². The molecule has 2 rings (SSSR count). The Hall–Kier alpha value is -1.18. The molecular weight excluding hydrogens is 270 g/mol. The Morgan fingerprint density at radius 3 is 2.63 bits per heavy atom. The van der Waals surface area contributed by atoms with Crippen LogP contribution in [0, 0.1) is 0 Å². The second kappa shape index (κ2) is 6.83. The Morgan fingerprint density at radius 2 is 1.95 bits per heavy atom. The standard InChI is InChI=1S/C11H18ClN5O2/c12-9-14-10(13-6-8(19)7-18)16-11(15-9)17-4-2-1-3-5-17/h8,18-19H,1-7H2,(H,13,14,15,16). The van der Waals surface area contributed by atoms with Gasteiger partial charge in [0.15, 0.2) is 0 Å². The highest BCUT2D eigenvalue weighted by Crippen LogP contribution is 2.18. The first-order chi connectivity index (χ1) is 9.19. The Kier molecular flexibility index (Phi) is 5.12. The summed E-state index contributed by atoms with van der Waals surface area (Å²) in [4.78, 5) is 14.4. The molecule has 7 nitrogen and oxygen atoms in total. The second-order valence-electron chi connectivity index (χ2n) is 4.49. The summed E-state index contributed by atoms with van der Waals surface area (Å²) < 4.78 is 0. The zero-order valence-corrected chi connectivity index (χ0v) is 11.3. The molecule has 0 radical (unpaired) electrons. The summed E-state index contributed by atoms with van der Waals surface area (Å²) in [5, 5.41) is 21.0. The predicted molar refractivity (Wildman–Crippen MR) is 72.5 cm³/mol. The van der Waals surface area contributed by atoms with Crippen molar-refractivity contribution in [3.8, 4) is 0 Å². The monoisotopic (exact) mass is 287 g/mol. The van der Waals surface area contributed by atoms with Gasteiger partial charge in [0.1, 0.15) is 0 Å². The van der Waals surface area contributed by atoms with Crippen molar-refractivity contribution in [3.63, 3.8) is 0 Å². The highest BCUT2D eigenvalue weighted by molar-refractivity contribution is 6.28. The maximum Gasteiger partial charge on any atom is 0.231 e. The third kappa shape index (κ3) is 4.15. The number of aliphatic hydroxyl groups excluding tert-OH is 2. The molecule has 19 heavy (non-hydrogen) atoms. The zero-order valence-electron chi connectivity index (χ0n) is 10.6. The minimum Gasteiger partial charge on any atom is -0.394 e. The molecule has 3 N–H and O–H groups in total. The number of rotatable bonds is 5. The summed E-state index contributed by atoms with van der Waals surface area (Å²) >= 11 is 5.88. The van der Waals surface area contributed by atoms with E-state index >= 15 is 0 Å². The normalized spacial score (nSPS) is 17.3. The van der Waals surface area contributed by atoms with Gasteiger partial charge in [-0.15, -0.1) is 0 Å². The Balaban J connectivity index is 2.05. The second-order valence-corrected chi connectivity index (χ2v) is 4.83. The van der Waals surface area contributed by atoms with Gasteiger partial charge in [-0.2, -0.15) is 15.0 Å². The third-order valence-corrected chi connectivity index (χ3v) is 3.11. The molecule has 2 heterocycles. The van der Waals surface area contributed by atoms with Crippen molar-refractivity contribution in [1.29, 1.82) is 0 Å². The van der Waals surface area contributed by atoms with Crippen molar-refractivity contribution < 1.29 is 10.2 Å². The van der Waals surface area contributed by atoms with Crippen LogP contribution in [0.2, 0.25) is 5.28 Å². The lowest BCUT2D eigenvalue weighted by Gasteiger charge is -2.26. The number of halogens is 1. The maximum absolute atomic E-state index is 9.28. The van der Waals surface area contributed by atoms with Gasteiger partial charge < -0.3 is 20.4 Å². The zero-order chi connectivity index (χ0) is 13.7. The van der Waals surface area contributed by atoms with Gasteiger partial charge in [0.25, 0.3) is 0 Å². The van der Waals surface area contributed by atoms with E-state index in [2.05, 4.69) is 25.2 Å². The van der Waals surface area contributed by atoms with Crippen molar-refractivity contribution >= 4 is 23.5 Å². The Morgan fingerprint density at radius 1 is 1.21 bits per heavy atom. The summed E-state index contributed by atoms with van der Waals surface area (Å²) in [6.45, 7) is 1.68. The van der Waals surface area contributed by atoms with Crippen LogP contribution in [0.15, 0.2) is 0 Å². The highest BCUT2D eigenvalue weighted by Gasteiger charge is 2.16. The van der Waals surface area contributed by atoms with Gasteiger partial charge in [0.05, 0.1) is 12.7 Å². The molecule has 1 saturated heterocycles. The summed E-state index contributed by atoms with van der Waals surface area (Å²) in [7, 11) is 0. The van der Waals surface area contributed by atoms with E-state index in [4.69, 9.17) is 16.7 Å². The average Bonchev–Trinajstić information content (AvgIpc) is 2.45. The van der Waals surface area contributed by atoms with Crippen LogP contribution in [0.3, 0.4) is 0 Å². The molecule has 1 atom stereocenters. The van der Waals surface area contributed by atoms with Crippen molar-refractivity contribution in [1.82, 2.24) is 15.0 Å². The van der Waals surface area contributed by atoms with Crippen LogP contribution in [0.1, 0.15) is 19.3 Å². The summed E-state index contributed by atoms with van der Waals surface area (Å²) in [6, 6.07) is 0. The van der Waals surface area contributed by atoms with E-state index in [-0.39, 0.29) is 18.4 Å². The van der Waals surface area contributed by atoms with Gasteiger partial charge in [-0.3, -0.25) is 0 Å². The topological polar surface area (TPSA) is 94.4 Å². The van der Waals surface area contributed by atoms with Gasteiger partial charge >= 0.3 is 0 Å². The van der Waals surface area contributed by atoms with Gasteiger partial charge in [-0.1, -0.05) is 0 Å². The van der Waals surface area contributed by atoms with Crippen LogP contribution in [0.25, 0.3) is 0 Å². The molecule has 1 aromatic rings. The summed E-state index contributed by atoms with van der Waals surface area (Å²) in [5.41, 5.74) is 0. The van der Waals surface area contributed by atoms with Crippen LogP contribution in [0.5, 0.6) is 0 Å². The number of nitrogens with one attached hydrogen (secondary N) is 1. The lowest BCUT2D eigenvalue weighted by atomic mass is 10.1. The number of anilines is 2. The van der Waals surface area contributed by atoms with E-state index in [1.165, 1.54) is 6.42 Å². The summed E-state index contributed by atoms with van der Waals surface area (Å²) in [6.07, 6.45) is 2.61. The largest absolute Gasteiger partial charge is 0.394 e. The molecule has 0 saturated carbocycles. The fourth-order valence-corrected chi connectivity index (χ4v) is 2.08. The van der Waals surface area contributed by atoms with E-state index in [1.807, 2.05) is 0 Å². The van der Waals surface area contributed by atoms with Gasteiger partial charge in [-0.05, 0) is 30.9 Å². The van der Waals surface area contributed by atoms with E-state index in [0.29, 0.717) is 11.9 Å². The molecular formula is C11H18ClN5O2. The third-order valence-electron chi connectivity index (χ3n) is 2.94. The van der Waals surface area contributed by atoms with Crippen molar-refractivity contribution in [2.75, 3.05) is 36.5 Å². The first-order valence-corrected chi connectivity index (χ1v) is 6.76. The van der Waals surface area contributed by atoms with Crippen LogP contribution < -0.4 is 10.2 Å². The molecule has 8 heteroatoms. The lowest BCUT2D eigenvalue weighted by Crippen LogP contribution is -2.31. The molecule has 106 valence electrons. The minimum absolute atomic E-state index is 0.122. The molecule has 0 spiro atoms. The predicted octanol–water partition coefficient (Wildman–Crippen LogP) is 0.280. The number of aromatic nitrogens is 3. The van der Waals surface area contributed by atoms with Crippen LogP contribution in [-0.2, 0) is 0 Å². The van der Waals surface area contributed by atoms with E-state index in [1.54, 1.807) is 0 Å². The molecule has 0 aromatic carbocycles. The molecule has 1 aliphatic rings. The van der Waals surface area contributed by atoms with Crippen molar-refractivity contribution in [3.05, 3.63) is 5.28 Å². The number of nitrogens with zero attached hydrogens (tertiary/aromatic N) is 4. The molecule has 1 aliphatic heterocycles. The van der Waals surface area contributed by atoms with Crippen LogP contribution in [-0.4, -0.2) is 57.5 Å². The number of piperidine rings is 1. The minimum atomic E-state index is -0.853. The maximum atomic E-state index is 9.28. The number of aliphatic hydroxyl groups is 2. The van der Waals surface area contributed by atoms with Gasteiger partial charge in [0, 0.05) is 19.6 Å². The highest BCUT2D eigenvalue weighted by atomic mass is 35.5. The quantitative estimate of drug-likeness (QED) is 0.716. The molecule has 0 amide bonds. The Bertz CT molecular complexity index is 414. The van der Waals surface area contributed by atoms with E-state index in [9.17, 15) is 5.11 Å². The lowest BCUT2D eigenvalue weighted by molar-refractivity contribution is 0.105. The number of hydrogen-bond acceptors (Lipinski definition) is 7. The average molecular weight is 288 g/mol. The van der Waals surface area contributed by atoms with E-state index < -0.39 is 6.10 Å². The molecule has 0 bridgehead atoms. The SMILES string of the molecule is OCC(O)CNc1nc(Cl)nc(N2CCCCC2)n1. The van der Waals surface area contributed by atoms with E-state index in [0.717, 1.165) is 25.9 Å². The van der Waals surface area contributed by atoms with Crippen LogP contribution >= 0.6 is 11.6 Å². The molecule has 0 aliphatic carbocycles. The van der Waals surface area contributed by atoms with Gasteiger partial charge in [0.2, 0.25) is 17.2 Å². The first kappa shape index (κ1) is 14.2. The van der Waals surface area contributed by atoms with Crippen molar-refractivity contribution in [2.24, 2.45) is 0 Å². The fourth-order valence-electron chi connectivity index (χ4n) is 1.93. The summed E-state index contributed by atoms with van der Waals surface area (Å²) in [5.74, 6) is 0.869. The van der Waals surface area contributed by atoms with Crippen LogP contribution in [0.4, 0.5) is 11.9 Å². The fraction of sp³-hybridized carbons (Fsp3) is 0.727.